The SMILES string of the molecule is O=C(NC1CCCC1)NC1CCN(C(=O)C2CCC2)C1. The summed E-state index contributed by atoms with van der Waals surface area (Å²) in [6.45, 7) is 1.48. The molecule has 1 unspecified atom stereocenters. The standard InChI is InChI=1S/C15H25N3O2/c19-14(11-4-3-5-11)18-9-8-13(10-18)17-15(20)16-12-6-1-2-7-12/h11-13H,1-10H2,(H2,16,17,20). The van der Waals surface area contributed by atoms with E-state index >= 15 is 0 Å². The van der Waals surface area contributed by atoms with Crippen LogP contribution >= 0.6 is 0 Å². The molecule has 2 saturated carbocycles. The first-order chi connectivity index (χ1) is 9.72. The van der Waals surface area contributed by atoms with Crippen molar-refractivity contribution in [1.29, 1.82) is 0 Å². The number of likely N-dealkylation sites (tertiary alicyclic amines) is 1. The molecule has 2 aliphatic carbocycles. The van der Waals surface area contributed by atoms with E-state index in [9.17, 15) is 9.59 Å². The number of amides is 3. The molecule has 2 N–H and O–H groups in total. The van der Waals surface area contributed by atoms with Gasteiger partial charge in [0.05, 0.1) is 0 Å². The van der Waals surface area contributed by atoms with E-state index in [1.807, 2.05) is 4.90 Å². The summed E-state index contributed by atoms with van der Waals surface area (Å²) < 4.78 is 0. The highest BCUT2D eigenvalue weighted by molar-refractivity contribution is 5.80. The maximum absolute atomic E-state index is 12.1. The summed E-state index contributed by atoms with van der Waals surface area (Å²) in [5, 5.41) is 6.06. The first kappa shape index (κ1) is 13.7. The second kappa shape index (κ2) is 6.02. The van der Waals surface area contributed by atoms with Crippen molar-refractivity contribution in [3.8, 4) is 0 Å². The lowest BCUT2D eigenvalue weighted by Gasteiger charge is -2.29. The van der Waals surface area contributed by atoms with Gasteiger partial charge in [0.1, 0.15) is 0 Å². The highest BCUT2D eigenvalue weighted by Gasteiger charge is 2.34. The van der Waals surface area contributed by atoms with Crippen LogP contribution in [0, 0.1) is 5.92 Å². The highest BCUT2D eigenvalue weighted by Crippen LogP contribution is 2.29. The molecule has 3 amide bonds. The molecule has 1 aliphatic heterocycles. The van der Waals surface area contributed by atoms with Crippen LogP contribution in [0.4, 0.5) is 4.79 Å². The zero-order valence-electron chi connectivity index (χ0n) is 12.1. The van der Waals surface area contributed by atoms with Gasteiger partial charge in [-0.1, -0.05) is 19.3 Å². The van der Waals surface area contributed by atoms with Crippen LogP contribution in [0.15, 0.2) is 0 Å². The van der Waals surface area contributed by atoms with Crippen LogP contribution < -0.4 is 10.6 Å². The molecule has 1 saturated heterocycles. The number of rotatable bonds is 3. The van der Waals surface area contributed by atoms with Crippen LogP contribution in [0.5, 0.6) is 0 Å². The van der Waals surface area contributed by atoms with Crippen molar-refractivity contribution in [1.82, 2.24) is 15.5 Å². The van der Waals surface area contributed by atoms with Crippen LogP contribution in [0.25, 0.3) is 0 Å². The van der Waals surface area contributed by atoms with Gasteiger partial charge < -0.3 is 15.5 Å². The van der Waals surface area contributed by atoms with Crippen molar-refractivity contribution >= 4 is 11.9 Å². The van der Waals surface area contributed by atoms with E-state index in [0.29, 0.717) is 18.5 Å². The lowest BCUT2D eigenvalue weighted by molar-refractivity contribution is -0.137. The monoisotopic (exact) mass is 279 g/mol. The second-order valence-corrected chi connectivity index (χ2v) is 6.50. The van der Waals surface area contributed by atoms with E-state index in [-0.39, 0.29) is 18.0 Å². The number of nitrogens with one attached hydrogen (secondary N) is 2. The third-order valence-corrected chi connectivity index (χ3v) is 4.98. The summed E-state index contributed by atoms with van der Waals surface area (Å²) in [5.74, 6) is 0.567. The largest absolute Gasteiger partial charge is 0.340 e. The van der Waals surface area contributed by atoms with Gasteiger partial charge in [-0.15, -0.1) is 0 Å². The molecule has 0 aromatic carbocycles. The van der Waals surface area contributed by atoms with Crippen LogP contribution in [-0.4, -0.2) is 42.0 Å². The number of nitrogens with zero attached hydrogens (tertiary/aromatic N) is 1. The Morgan fingerprint density at radius 1 is 0.850 bits per heavy atom. The molecule has 20 heavy (non-hydrogen) atoms. The molecule has 3 rings (SSSR count). The fourth-order valence-corrected chi connectivity index (χ4v) is 3.47. The number of hydrogen-bond acceptors (Lipinski definition) is 2. The predicted octanol–water partition coefficient (Wildman–Crippen LogP) is 1.63. The predicted molar refractivity (Wildman–Crippen MR) is 76.2 cm³/mol. The Kier molecular flexibility index (Phi) is 4.13. The van der Waals surface area contributed by atoms with Gasteiger partial charge in [0, 0.05) is 31.1 Å². The Hall–Kier alpha value is -1.26. The van der Waals surface area contributed by atoms with Gasteiger partial charge in [-0.2, -0.15) is 0 Å². The molecule has 5 nitrogen and oxygen atoms in total. The van der Waals surface area contributed by atoms with Gasteiger partial charge in [0.2, 0.25) is 5.91 Å². The van der Waals surface area contributed by atoms with Crippen molar-refractivity contribution in [3.05, 3.63) is 0 Å². The zero-order valence-corrected chi connectivity index (χ0v) is 12.1. The molecule has 1 heterocycles. The number of urea groups is 1. The van der Waals surface area contributed by atoms with Crippen molar-refractivity contribution in [3.63, 3.8) is 0 Å². The Labute approximate surface area is 120 Å². The summed E-state index contributed by atoms with van der Waals surface area (Å²) >= 11 is 0. The van der Waals surface area contributed by atoms with Crippen molar-refractivity contribution in [2.24, 2.45) is 5.92 Å². The van der Waals surface area contributed by atoms with Crippen LogP contribution in [0.2, 0.25) is 0 Å². The lowest BCUT2D eigenvalue weighted by Crippen LogP contribution is -2.47. The van der Waals surface area contributed by atoms with Gasteiger partial charge in [-0.05, 0) is 32.1 Å². The highest BCUT2D eigenvalue weighted by atomic mass is 16.2. The molecule has 0 aromatic rings. The molecule has 3 aliphatic rings. The smallest absolute Gasteiger partial charge is 0.315 e. The molecular formula is C15H25N3O2. The van der Waals surface area contributed by atoms with Crippen molar-refractivity contribution in [2.45, 2.75) is 63.5 Å². The average Bonchev–Trinajstić information content (AvgIpc) is 2.98. The summed E-state index contributed by atoms with van der Waals surface area (Å²) in [7, 11) is 0. The molecule has 3 fully saturated rings. The number of hydrogen-bond donors (Lipinski definition) is 2. The summed E-state index contributed by atoms with van der Waals surface area (Å²) in [6.07, 6.45) is 8.82. The lowest BCUT2D eigenvalue weighted by atomic mass is 9.84. The Balaban J connectivity index is 1.40. The Morgan fingerprint density at radius 3 is 2.20 bits per heavy atom. The van der Waals surface area contributed by atoms with Crippen molar-refractivity contribution in [2.75, 3.05) is 13.1 Å². The molecule has 112 valence electrons. The first-order valence-electron chi connectivity index (χ1n) is 8.08. The van der Waals surface area contributed by atoms with E-state index in [2.05, 4.69) is 10.6 Å². The maximum Gasteiger partial charge on any atom is 0.315 e. The third-order valence-electron chi connectivity index (χ3n) is 4.98. The Morgan fingerprint density at radius 2 is 1.55 bits per heavy atom. The van der Waals surface area contributed by atoms with E-state index in [1.54, 1.807) is 0 Å². The molecule has 0 bridgehead atoms. The normalized spacial score (nSPS) is 27.4. The fraction of sp³-hybridized carbons (Fsp3) is 0.867. The summed E-state index contributed by atoms with van der Waals surface area (Å²) in [4.78, 5) is 26.0. The number of carbonyl (C=O) groups excluding carboxylic acids is 2. The quantitative estimate of drug-likeness (QED) is 0.825. The second-order valence-electron chi connectivity index (χ2n) is 6.50. The van der Waals surface area contributed by atoms with Gasteiger partial charge in [0.25, 0.3) is 0 Å². The third kappa shape index (κ3) is 3.07. The summed E-state index contributed by atoms with van der Waals surface area (Å²) in [5.41, 5.74) is 0. The van der Waals surface area contributed by atoms with E-state index < -0.39 is 0 Å². The minimum atomic E-state index is -0.0557. The minimum Gasteiger partial charge on any atom is -0.340 e. The van der Waals surface area contributed by atoms with Crippen LogP contribution in [0.3, 0.4) is 0 Å². The van der Waals surface area contributed by atoms with E-state index in [1.165, 1.54) is 19.3 Å². The minimum absolute atomic E-state index is 0.0557. The topological polar surface area (TPSA) is 61.4 Å². The van der Waals surface area contributed by atoms with Crippen LogP contribution in [-0.2, 0) is 4.79 Å². The van der Waals surface area contributed by atoms with E-state index in [4.69, 9.17) is 0 Å². The molecule has 1 atom stereocenters. The van der Waals surface area contributed by atoms with Gasteiger partial charge in [-0.25, -0.2) is 4.79 Å². The maximum atomic E-state index is 12.1. The van der Waals surface area contributed by atoms with Gasteiger partial charge in [0.15, 0.2) is 0 Å². The molecular weight excluding hydrogens is 254 g/mol. The summed E-state index contributed by atoms with van der Waals surface area (Å²) in [6, 6.07) is 0.421. The zero-order chi connectivity index (χ0) is 13.9. The van der Waals surface area contributed by atoms with E-state index in [0.717, 1.165) is 38.6 Å². The fourth-order valence-electron chi connectivity index (χ4n) is 3.47. The average molecular weight is 279 g/mol. The molecule has 0 spiro atoms. The van der Waals surface area contributed by atoms with Gasteiger partial charge >= 0.3 is 6.03 Å². The molecule has 0 aromatic heterocycles. The molecule has 5 heteroatoms. The molecule has 0 radical (unpaired) electrons. The Bertz CT molecular complexity index is 375. The van der Waals surface area contributed by atoms with Crippen LogP contribution in [0.1, 0.15) is 51.4 Å². The van der Waals surface area contributed by atoms with Gasteiger partial charge in [-0.3, -0.25) is 4.79 Å². The van der Waals surface area contributed by atoms with Crippen molar-refractivity contribution < 1.29 is 9.59 Å². The number of carbonyl (C=O) groups is 2. The first-order valence-corrected chi connectivity index (χ1v) is 8.08.